The molecule has 0 amide bonds. The van der Waals surface area contributed by atoms with Crippen LogP contribution in [0.2, 0.25) is 0 Å². The molecule has 1 saturated heterocycles. The molecule has 0 spiro atoms. The predicted octanol–water partition coefficient (Wildman–Crippen LogP) is 1.65. The number of aliphatic hydroxyl groups excluding tert-OH is 1. The van der Waals surface area contributed by atoms with Crippen LogP contribution >= 0.6 is 0 Å². The van der Waals surface area contributed by atoms with Gasteiger partial charge in [0.05, 0.1) is 6.10 Å². The van der Waals surface area contributed by atoms with E-state index in [1.165, 1.54) is 0 Å². The van der Waals surface area contributed by atoms with Gasteiger partial charge in [-0.3, -0.25) is 0 Å². The topological polar surface area (TPSA) is 70.5 Å². The van der Waals surface area contributed by atoms with Gasteiger partial charge < -0.3 is 20.1 Å². The van der Waals surface area contributed by atoms with E-state index in [2.05, 4.69) is 27.1 Å². The minimum atomic E-state index is -0.209. The molecule has 2 heterocycles. The molecule has 0 bridgehead atoms. The molecule has 1 aliphatic rings. The molecular formula is C15H26N4O2. The smallest absolute Gasteiger partial charge is 0.158 e. The summed E-state index contributed by atoms with van der Waals surface area (Å²) in [6.07, 6.45) is 0.571. The van der Waals surface area contributed by atoms with E-state index in [0.717, 1.165) is 37.7 Å². The van der Waals surface area contributed by atoms with Crippen molar-refractivity contribution in [2.24, 2.45) is 5.92 Å². The molecule has 2 unspecified atom stereocenters. The number of anilines is 2. The van der Waals surface area contributed by atoms with E-state index in [9.17, 15) is 5.11 Å². The van der Waals surface area contributed by atoms with Crippen molar-refractivity contribution in [3.8, 4) is 0 Å². The molecular weight excluding hydrogens is 268 g/mol. The highest BCUT2D eigenvalue weighted by molar-refractivity contribution is 5.49. The van der Waals surface area contributed by atoms with Crippen molar-refractivity contribution in [2.45, 2.75) is 39.9 Å². The normalized spacial score (nSPS) is 22.4. The number of rotatable bonds is 6. The highest BCUT2D eigenvalue weighted by atomic mass is 16.5. The molecule has 118 valence electrons. The number of piperidine rings is 1. The summed E-state index contributed by atoms with van der Waals surface area (Å²) < 4.78 is 5.42. The summed E-state index contributed by atoms with van der Waals surface area (Å²) in [5.41, 5.74) is 0. The number of aliphatic hydroxyl groups is 1. The number of hydrogen-bond donors (Lipinski definition) is 2. The van der Waals surface area contributed by atoms with Crippen molar-refractivity contribution < 1.29 is 9.84 Å². The van der Waals surface area contributed by atoms with Crippen LogP contribution in [0.4, 0.5) is 11.6 Å². The fourth-order valence-electron chi connectivity index (χ4n) is 2.52. The second kappa shape index (κ2) is 7.56. The number of aromatic nitrogens is 2. The van der Waals surface area contributed by atoms with Crippen molar-refractivity contribution in [3.63, 3.8) is 0 Å². The van der Waals surface area contributed by atoms with Gasteiger partial charge in [0.15, 0.2) is 5.82 Å². The Morgan fingerprint density at radius 1 is 1.43 bits per heavy atom. The van der Waals surface area contributed by atoms with Gasteiger partial charge >= 0.3 is 0 Å². The van der Waals surface area contributed by atoms with E-state index in [1.54, 1.807) is 0 Å². The van der Waals surface area contributed by atoms with Gasteiger partial charge in [-0.1, -0.05) is 6.92 Å². The third kappa shape index (κ3) is 4.28. The van der Waals surface area contributed by atoms with Crippen LogP contribution in [0.3, 0.4) is 0 Å². The maximum Gasteiger partial charge on any atom is 0.158 e. The summed E-state index contributed by atoms with van der Waals surface area (Å²) in [6, 6.07) is 1.98. The standard InChI is InChI=1S/C15H26N4O2/c1-4-16-13-8-15(18-14(17-13)10-21-5-2)19-7-6-12(20)11(3)9-19/h8,11-12,20H,4-7,9-10H2,1-3H3,(H,16,17,18). The number of nitrogens with one attached hydrogen (secondary N) is 1. The van der Waals surface area contributed by atoms with Crippen molar-refractivity contribution in [2.75, 3.05) is 36.5 Å². The Kier molecular flexibility index (Phi) is 5.76. The molecule has 0 aliphatic carbocycles. The summed E-state index contributed by atoms with van der Waals surface area (Å²) in [7, 11) is 0. The van der Waals surface area contributed by atoms with E-state index >= 15 is 0 Å². The van der Waals surface area contributed by atoms with Gasteiger partial charge in [0.1, 0.15) is 18.2 Å². The van der Waals surface area contributed by atoms with Crippen LogP contribution in [0.15, 0.2) is 6.07 Å². The Morgan fingerprint density at radius 2 is 2.24 bits per heavy atom. The third-order valence-corrected chi connectivity index (χ3v) is 3.74. The number of hydrogen-bond acceptors (Lipinski definition) is 6. The largest absolute Gasteiger partial charge is 0.393 e. The summed E-state index contributed by atoms with van der Waals surface area (Å²) in [4.78, 5) is 11.3. The maximum absolute atomic E-state index is 9.86. The summed E-state index contributed by atoms with van der Waals surface area (Å²) in [5, 5.41) is 13.1. The molecule has 6 nitrogen and oxygen atoms in total. The second-order valence-electron chi connectivity index (χ2n) is 5.47. The molecule has 1 fully saturated rings. The van der Waals surface area contributed by atoms with Crippen LogP contribution in [-0.4, -0.2) is 47.4 Å². The zero-order valence-electron chi connectivity index (χ0n) is 13.2. The average molecular weight is 294 g/mol. The van der Waals surface area contributed by atoms with E-state index in [-0.39, 0.29) is 12.0 Å². The first-order chi connectivity index (χ1) is 10.1. The summed E-state index contributed by atoms with van der Waals surface area (Å²) >= 11 is 0. The third-order valence-electron chi connectivity index (χ3n) is 3.74. The highest BCUT2D eigenvalue weighted by Gasteiger charge is 2.25. The van der Waals surface area contributed by atoms with E-state index in [4.69, 9.17) is 4.74 Å². The lowest BCUT2D eigenvalue weighted by molar-refractivity contribution is 0.0967. The molecule has 6 heteroatoms. The predicted molar refractivity (Wildman–Crippen MR) is 83.5 cm³/mol. The molecule has 1 aliphatic heterocycles. The first kappa shape index (κ1) is 16.0. The number of nitrogens with zero attached hydrogens (tertiary/aromatic N) is 3. The van der Waals surface area contributed by atoms with Gasteiger partial charge in [0.25, 0.3) is 0 Å². The molecule has 2 N–H and O–H groups in total. The van der Waals surface area contributed by atoms with Crippen LogP contribution in [0.1, 0.15) is 33.0 Å². The lowest BCUT2D eigenvalue weighted by Gasteiger charge is -2.35. The first-order valence-electron chi connectivity index (χ1n) is 7.76. The lowest BCUT2D eigenvalue weighted by atomic mass is 9.97. The molecule has 0 saturated carbocycles. The first-order valence-corrected chi connectivity index (χ1v) is 7.76. The van der Waals surface area contributed by atoms with Gasteiger partial charge in [-0.05, 0) is 26.2 Å². The van der Waals surface area contributed by atoms with E-state index < -0.39 is 0 Å². The van der Waals surface area contributed by atoms with Crippen LogP contribution in [0.25, 0.3) is 0 Å². The SMILES string of the molecule is CCNc1cc(N2CCC(O)C(C)C2)nc(COCC)n1. The van der Waals surface area contributed by atoms with Crippen molar-refractivity contribution in [1.29, 1.82) is 0 Å². The Bertz CT molecular complexity index is 455. The minimum Gasteiger partial charge on any atom is -0.393 e. The average Bonchev–Trinajstić information content (AvgIpc) is 2.48. The quantitative estimate of drug-likeness (QED) is 0.831. The maximum atomic E-state index is 9.86. The molecule has 2 atom stereocenters. The highest BCUT2D eigenvalue weighted by Crippen LogP contribution is 2.23. The van der Waals surface area contributed by atoms with Crippen molar-refractivity contribution in [1.82, 2.24) is 9.97 Å². The second-order valence-corrected chi connectivity index (χ2v) is 5.47. The molecule has 0 aromatic carbocycles. The van der Waals surface area contributed by atoms with Gasteiger partial charge in [-0.2, -0.15) is 0 Å². The fraction of sp³-hybridized carbons (Fsp3) is 0.733. The molecule has 21 heavy (non-hydrogen) atoms. The van der Waals surface area contributed by atoms with Crippen LogP contribution < -0.4 is 10.2 Å². The van der Waals surface area contributed by atoms with Gasteiger partial charge in [0, 0.05) is 32.3 Å². The zero-order valence-corrected chi connectivity index (χ0v) is 13.2. The molecule has 2 rings (SSSR count). The lowest BCUT2D eigenvalue weighted by Crippen LogP contribution is -2.42. The van der Waals surface area contributed by atoms with Gasteiger partial charge in [-0.25, -0.2) is 9.97 Å². The summed E-state index contributed by atoms with van der Waals surface area (Å²) in [5.74, 6) is 2.70. The number of ether oxygens (including phenoxy) is 1. The van der Waals surface area contributed by atoms with Crippen molar-refractivity contribution in [3.05, 3.63) is 11.9 Å². The van der Waals surface area contributed by atoms with Crippen molar-refractivity contribution >= 4 is 11.6 Å². The molecule has 1 aromatic rings. The Balaban J connectivity index is 2.18. The Morgan fingerprint density at radius 3 is 2.90 bits per heavy atom. The monoisotopic (exact) mass is 294 g/mol. The molecule has 0 radical (unpaired) electrons. The van der Waals surface area contributed by atoms with E-state index in [0.29, 0.717) is 19.0 Å². The zero-order chi connectivity index (χ0) is 15.2. The van der Waals surface area contributed by atoms with Gasteiger partial charge in [-0.15, -0.1) is 0 Å². The minimum absolute atomic E-state index is 0.209. The summed E-state index contributed by atoms with van der Waals surface area (Å²) in [6.45, 7) is 9.61. The van der Waals surface area contributed by atoms with Crippen LogP contribution in [0.5, 0.6) is 0 Å². The van der Waals surface area contributed by atoms with Crippen LogP contribution in [0, 0.1) is 5.92 Å². The molecule has 1 aromatic heterocycles. The van der Waals surface area contributed by atoms with Crippen LogP contribution in [-0.2, 0) is 11.3 Å². The Hall–Kier alpha value is -1.40. The van der Waals surface area contributed by atoms with Gasteiger partial charge in [0.2, 0.25) is 0 Å². The fourth-order valence-corrected chi connectivity index (χ4v) is 2.52. The Labute approximate surface area is 126 Å². The van der Waals surface area contributed by atoms with E-state index in [1.807, 2.05) is 19.9 Å².